The number of carboxylic acid groups (broad SMARTS) is 1. The van der Waals surface area contributed by atoms with Crippen molar-refractivity contribution in [3.05, 3.63) is 0 Å². The molecule has 0 aromatic carbocycles. The Balaban J connectivity index is 4.23. The van der Waals surface area contributed by atoms with Gasteiger partial charge in [-0.05, 0) is 6.42 Å². The van der Waals surface area contributed by atoms with Gasteiger partial charge in [0, 0.05) is 33.4 Å². The van der Waals surface area contributed by atoms with Gasteiger partial charge in [-0.2, -0.15) is 0 Å². The Bertz CT molecular complexity index is 179. The summed E-state index contributed by atoms with van der Waals surface area (Å²) in [4.78, 5) is 12.8. The van der Waals surface area contributed by atoms with Crippen LogP contribution in [0, 0.1) is 0 Å². The molecular weight excluding hydrogens is 210 g/mol. The Kier molecular flexibility index (Phi) is 9.18. The predicted molar refractivity (Wildman–Crippen MR) is 61.7 cm³/mol. The zero-order valence-corrected chi connectivity index (χ0v) is 10.4. The van der Waals surface area contributed by atoms with Crippen LogP contribution < -0.4 is 0 Å². The lowest BCUT2D eigenvalue weighted by molar-refractivity contribution is -0.138. The molecule has 16 heavy (non-hydrogen) atoms. The van der Waals surface area contributed by atoms with Gasteiger partial charge in [0.2, 0.25) is 0 Å². The molecule has 0 aromatic heterocycles. The van der Waals surface area contributed by atoms with Gasteiger partial charge in [-0.15, -0.1) is 0 Å². The van der Waals surface area contributed by atoms with Crippen LogP contribution in [0.4, 0.5) is 0 Å². The molecule has 0 saturated heterocycles. The van der Waals surface area contributed by atoms with E-state index in [1.165, 1.54) is 0 Å². The molecule has 1 atom stereocenters. The highest BCUT2D eigenvalue weighted by Gasteiger charge is 2.19. The van der Waals surface area contributed by atoms with E-state index in [0.29, 0.717) is 13.2 Å². The molecule has 96 valence electrons. The van der Waals surface area contributed by atoms with Crippen molar-refractivity contribution in [2.45, 2.75) is 25.8 Å². The molecule has 0 aliphatic carbocycles. The molecule has 0 fully saturated rings. The van der Waals surface area contributed by atoms with Crippen LogP contribution in [0.5, 0.6) is 0 Å². The van der Waals surface area contributed by atoms with Crippen molar-refractivity contribution in [1.29, 1.82) is 0 Å². The first kappa shape index (κ1) is 15.3. The fourth-order valence-electron chi connectivity index (χ4n) is 1.63. The van der Waals surface area contributed by atoms with Crippen LogP contribution in [-0.2, 0) is 14.3 Å². The SMILES string of the molecule is CCC(CC(=O)O)N(CCOC)CCOC. The molecule has 1 N–H and O–H groups in total. The van der Waals surface area contributed by atoms with E-state index in [2.05, 4.69) is 4.90 Å². The summed E-state index contributed by atoms with van der Waals surface area (Å²) in [5.74, 6) is -0.758. The Morgan fingerprint density at radius 2 is 1.75 bits per heavy atom. The van der Waals surface area contributed by atoms with Gasteiger partial charge < -0.3 is 14.6 Å². The topological polar surface area (TPSA) is 59.0 Å². The van der Waals surface area contributed by atoms with Gasteiger partial charge in [-0.3, -0.25) is 9.69 Å². The molecular formula is C11H23NO4. The fraction of sp³-hybridized carbons (Fsp3) is 0.909. The van der Waals surface area contributed by atoms with Gasteiger partial charge in [-0.25, -0.2) is 0 Å². The summed E-state index contributed by atoms with van der Waals surface area (Å²) in [5.41, 5.74) is 0. The van der Waals surface area contributed by atoms with Gasteiger partial charge in [0.1, 0.15) is 0 Å². The molecule has 0 spiro atoms. The van der Waals surface area contributed by atoms with Crippen molar-refractivity contribution in [3.8, 4) is 0 Å². The number of rotatable bonds is 10. The number of hydrogen-bond acceptors (Lipinski definition) is 4. The van der Waals surface area contributed by atoms with Crippen molar-refractivity contribution in [3.63, 3.8) is 0 Å². The maximum absolute atomic E-state index is 10.7. The summed E-state index contributed by atoms with van der Waals surface area (Å²) in [6, 6.07) is 0.0581. The summed E-state index contributed by atoms with van der Waals surface area (Å²) in [7, 11) is 3.29. The van der Waals surface area contributed by atoms with E-state index in [1.807, 2.05) is 6.92 Å². The summed E-state index contributed by atoms with van der Waals surface area (Å²) < 4.78 is 10.0. The molecule has 1 unspecified atom stereocenters. The third kappa shape index (κ3) is 6.76. The molecule has 5 heteroatoms. The molecule has 5 nitrogen and oxygen atoms in total. The maximum Gasteiger partial charge on any atom is 0.304 e. The first-order valence-corrected chi connectivity index (χ1v) is 5.59. The molecule has 0 aliphatic rings. The second-order valence-corrected chi connectivity index (χ2v) is 3.68. The van der Waals surface area contributed by atoms with Crippen molar-refractivity contribution < 1.29 is 19.4 Å². The molecule has 0 amide bonds. The Morgan fingerprint density at radius 3 is 2.06 bits per heavy atom. The minimum atomic E-state index is -0.758. The number of carbonyl (C=O) groups is 1. The Labute approximate surface area is 97.3 Å². The predicted octanol–water partition coefficient (Wildman–Crippen LogP) is 0.835. The van der Waals surface area contributed by atoms with Gasteiger partial charge in [0.15, 0.2) is 0 Å². The molecule has 0 radical (unpaired) electrons. The van der Waals surface area contributed by atoms with E-state index in [-0.39, 0.29) is 12.5 Å². The first-order valence-electron chi connectivity index (χ1n) is 5.59. The van der Waals surface area contributed by atoms with Crippen molar-refractivity contribution in [2.24, 2.45) is 0 Å². The van der Waals surface area contributed by atoms with Crippen molar-refractivity contribution >= 4 is 5.97 Å². The lowest BCUT2D eigenvalue weighted by Crippen LogP contribution is -2.40. The summed E-state index contributed by atoms with van der Waals surface area (Å²) in [6.45, 7) is 4.71. The number of carboxylic acids is 1. The highest BCUT2D eigenvalue weighted by Crippen LogP contribution is 2.08. The Morgan fingerprint density at radius 1 is 1.25 bits per heavy atom. The van der Waals surface area contributed by atoms with Gasteiger partial charge >= 0.3 is 5.97 Å². The van der Waals surface area contributed by atoms with Crippen LogP contribution in [-0.4, -0.2) is 62.5 Å². The van der Waals surface area contributed by atoms with Crippen LogP contribution in [0.2, 0.25) is 0 Å². The largest absolute Gasteiger partial charge is 0.481 e. The summed E-state index contributed by atoms with van der Waals surface area (Å²) in [5, 5.41) is 8.83. The quantitative estimate of drug-likeness (QED) is 0.606. The molecule has 0 saturated carbocycles. The number of aliphatic carboxylic acids is 1. The number of ether oxygens (including phenoxy) is 2. The van der Waals surface area contributed by atoms with Crippen LogP contribution in [0.3, 0.4) is 0 Å². The summed E-state index contributed by atoms with van der Waals surface area (Å²) in [6.07, 6.45) is 0.990. The third-order valence-electron chi connectivity index (χ3n) is 2.56. The van der Waals surface area contributed by atoms with Crippen LogP contribution >= 0.6 is 0 Å². The third-order valence-corrected chi connectivity index (χ3v) is 2.56. The number of hydrogen-bond donors (Lipinski definition) is 1. The van der Waals surface area contributed by atoms with E-state index >= 15 is 0 Å². The fourth-order valence-corrected chi connectivity index (χ4v) is 1.63. The highest BCUT2D eigenvalue weighted by molar-refractivity contribution is 5.67. The van der Waals surface area contributed by atoms with Gasteiger partial charge in [0.05, 0.1) is 19.6 Å². The smallest absolute Gasteiger partial charge is 0.304 e. The zero-order valence-electron chi connectivity index (χ0n) is 10.4. The summed E-state index contributed by atoms with van der Waals surface area (Å²) >= 11 is 0. The van der Waals surface area contributed by atoms with E-state index < -0.39 is 5.97 Å². The molecule has 0 aliphatic heterocycles. The second kappa shape index (κ2) is 9.57. The minimum Gasteiger partial charge on any atom is -0.481 e. The molecule has 0 rings (SSSR count). The molecule has 0 aromatic rings. The average Bonchev–Trinajstić information content (AvgIpc) is 2.26. The minimum absolute atomic E-state index is 0.0581. The van der Waals surface area contributed by atoms with E-state index in [4.69, 9.17) is 14.6 Å². The molecule has 0 bridgehead atoms. The van der Waals surface area contributed by atoms with Crippen LogP contribution in [0.1, 0.15) is 19.8 Å². The lowest BCUT2D eigenvalue weighted by Gasteiger charge is -2.29. The van der Waals surface area contributed by atoms with Gasteiger partial charge in [0.25, 0.3) is 0 Å². The maximum atomic E-state index is 10.7. The van der Waals surface area contributed by atoms with E-state index in [9.17, 15) is 4.79 Å². The van der Waals surface area contributed by atoms with Gasteiger partial charge in [-0.1, -0.05) is 6.92 Å². The molecule has 0 heterocycles. The zero-order chi connectivity index (χ0) is 12.4. The monoisotopic (exact) mass is 233 g/mol. The first-order chi connectivity index (χ1) is 7.65. The van der Waals surface area contributed by atoms with Crippen molar-refractivity contribution in [2.75, 3.05) is 40.5 Å². The highest BCUT2D eigenvalue weighted by atomic mass is 16.5. The lowest BCUT2D eigenvalue weighted by atomic mass is 10.1. The second-order valence-electron chi connectivity index (χ2n) is 3.68. The van der Waals surface area contributed by atoms with E-state index in [0.717, 1.165) is 19.5 Å². The van der Waals surface area contributed by atoms with Crippen LogP contribution in [0.15, 0.2) is 0 Å². The van der Waals surface area contributed by atoms with Crippen LogP contribution in [0.25, 0.3) is 0 Å². The standard InChI is InChI=1S/C11H23NO4/c1-4-10(9-11(13)14)12(5-7-15-2)6-8-16-3/h10H,4-9H2,1-3H3,(H,13,14). The number of methoxy groups -OCH3 is 2. The van der Waals surface area contributed by atoms with E-state index in [1.54, 1.807) is 14.2 Å². The number of nitrogens with zero attached hydrogens (tertiary/aromatic N) is 1. The van der Waals surface area contributed by atoms with Crippen molar-refractivity contribution in [1.82, 2.24) is 4.90 Å². The normalized spacial score (nSPS) is 13.0. The Hall–Kier alpha value is -0.650. The average molecular weight is 233 g/mol.